The van der Waals surface area contributed by atoms with Gasteiger partial charge < -0.3 is 15.1 Å². The highest BCUT2D eigenvalue weighted by Gasteiger charge is 2.25. The predicted molar refractivity (Wildman–Crippen MR) is 136 cm³/mol. The van der Waals surface area contributed by atoms with Crippen molar-refractivity contribution in [3.8, 4) is 11.1 Å². The summed E-state index contributed by atoms with van der Waals surface area (Å²) in [6.45, 7) is 4.80. The molecule has 1 aliphatic heterocycles. The van der Waals surface area contributed by atoms with Crippen LogP contribution in [0.4, 0.5) is 10.2 Å². The lowest BCUT2D eigenvalue weighted by atomic mass is 9.95. The second-order valence-corrected chi connectivity index (χ2v) is 8.91. The third kappa shape index (κ3) is 4.21. The van der Waals surface area contributed by atoms with E-state index in [1.54, 1.807) is 29.3 Å². The summed E-state index contributed by atoms with van der Waals surface area (Å²) in [5.41, 5.74) is 2.90. The van der Waals surface area contributed by atoms with Gasteiger partial charge in [-0.2, -0.15) is 5.10 Å². The Morgan fingerprint density at radius 3 is 2.77 bits per heavy atom. The number of carbonyl (C=O) groups is 1. The second kappa shape index (κ2) is 9.59. The molecule has 1 aliphatic rings. The summed E-state index contributed by atoms with van der Waals surface area (Å²) in [5, 5.41) is 11.6. The summed E-state index contributed by atoms with van der Waals surface area (Å²) < 4.78 is 16.0. The number of aryl methyl sites for hydroxylation is 1. The maximum absolute atomic E-state index is 16.0. The first-order valence-corrected chi connectivity index (χ1v) is 11.8. The monoisotopic (exact) mass is 493 g/mol. The van der Waals surface area contributed by atoms with Crippen LogP contribution in [-0.4, -0.2) is 70.7 Å². The maximum Gasteiger partial charge on any atom is 0.246 e. The van der Waals surface area contributed by atoms with Crippen molar-refractivity contribution in [2.24, 2.45) is 0 Å². The fraction of sp³-hybridized carbons (Fsp3) is 0.280. The average molecular weight is 494 g/mol. The summed E-state index contributed by atoms with van der Waals surface area (Å²) in [6, 6.07) is 5.56. The summed E-state index contributed by atoms with van der Waals surface area (Å²) in [6.07, 6.45) is 6.45. The van der Waals surface area contributed by atoms with Crippen LogP contribution in [0, 0.1) is 12.7 Å². The molecule has 0 saturated carbocycles. The number of halogens is 2. The lowest BCUT2D eigenvalue weighted by Gasteiger charge is -2.35. The Labute approximate surface area is 206 Å². The molecule has 0 bridgehead atoms. The van der Waals surface area contributed by atoms with E-state index in [0.29, 0.717) is 55.1 Å². The Hall–Kier alpha value is -3.56. The van der Waals surface area contributed by atoms with E-state index in [1.165, 1.54) is 6.33 Å². The molecule has 10 heteroatoms. The Kier molecular flexibility index (Phi) is 6.36. The van der Waals surface area contributed by atoms with Crippen molar-refractivity contribution in [3.63, 3.8) is 0 Å². The van der Waals surface area contributed by atoms with Gasteiger partial charge in [0.2, 0.25) is 5.91 Å². The predicted octanol–water partition coefficient (Wildman–Crippen LogP) is 3.70. The van der Waals surface area contributed by atoms with Crippen molar-refractivity contribution < 1.29 is 9.18 Å². The fourth-order valence-corrected chi connectivity index (χ4v) is 4.86. The molecule has 3 heterocycles. The van der Waals surface area contributed by atoms with E-state index >= 15 is 4.39 Å². The standard InChI is InChI=1S/C25H25ClFN7O/c1-15-5-6-19-17(13-31-32-19)21(15)22-18(26)12-16-24(23(22)27)29-14-30-25(16)34-10-8-33(9-11-34)20(35)4-3-7-28-2/h3-6,12-14,28H,7-11H2,1-2H3,(H,31,32)/b4-3+. The lowest BCUT2D eigenvalue weighted by molar-refractivity contribution is -0.126. The molecule has 4 aromatic rings. The number of anilines is 1. The third-order valence-corrected chi connectivity index (χ3v) is 6.65. The first-order chi connectivity index (χ1) is 17.0. The van der Waals surface area contributed by atoms with E-state index in [2.05, 4.69) is 25.5 Å². The number of likely N-dealkylation sites (N-methyl/N-ethyl adjacent to an activating group) is 1. The number of nitrogens with one attached hydrogen (secondary N) is 2. The highest BCUT2D eigenvalue weighted by atomic mass is 35.5. The molecule has 2 N–H and O–H groups in total. The Morgan fingerprint density at radius 1 is 1.20 bits per heavy atom. The van der Waals surface area contributed by atoms with Crippen LogP contribution in [0.3, 0.4) is 0 Å². The minimum absolute atomic E-state index is 0.0185. The molecular formula is C25H25ClFN7O. The minimum Gasteiger partial charge on any atom is -0.352 e. The third-order valence-electron chi connectivity index (χ3n) is 6.36. The molecule has 180 valence electrons. The average Bonchev–Trinajstić information content (AvgIpc) is 3.34. The van der Waals surface area contributed by atoms with Crippen LogP contribution in [0.2, 0.25) is 5.02 Å². The molecule has 1 saturated heterocycles. The zero-order valence-electron chi connectivity index (χ0n) is 19.5. The molecule has 0 spiro atoms. The van der Waals surface area contributed by atoms with Crippen LogP contribution in [0.15, 0.2) is 42.9 Å². The van der Waals surface area contributed by atoms with Gasteiger partial charge in [-0.05, 0) is 31.7 Å². The van der Waals surface area contributed by atoms with Crippen molar-refractivity contribution >= 4 is 45.1 Å². The summed E-state index contributed by atoms with van der Waals surface area (Å²) in [4.78, 5) is 25.0. The van der Waals surface area contributed by atoms with Crippen molar-refractivity contribution in [2.45, 2.75) is 6.92 Å². The van der Waals surface area contributed by atoms with E-state index in [9.17, 15) is 4.79 Å². The first-order valence-electron chi connectivity index (χ1n) is 11.4. The van der Waals surface area contributed by atoms with Gasteiger partial charge in [-0.1, -0.05) is 23.7 Å². The maximum atomic E-state index is 16.0. The van der Waals surface area contributed by atoms with Gasteiger partial charge in [0.05, 0.1) is 16.7 Å². The smallest absolute Gasteiger partial charge is 0.246 e. The number of aromatic amines is 1. The lowest BCUT2D eigenvalue weighted by Crippen LogP contribution is -2.48. The molecule has 2 aromatic heterocycles. The summed E-state index contributed by atoms with van der Waals surface area (Å²) >= 11 is 6.71. The SMILES string of the molecule is CNC/C=C/C(=O)N1CCN(c2ncnc3c(F)c(-c4c(C)ccc5[nH]ncc45)c(Cl)cc23)CC1. The number of rotatable bonds is 5. The van der Waals surface area contributed by atoms with E-state index in [0.717, 1.165) is 16.5 Å². The van der Waals surface area contributed by atoms with Crippen molar-refractivity contribution in [2.75, 3.05) is 44.7 Å². The molecule has 0 atom stereocenters. The van der Waals surface area contributed by atoms with E-state index < -0.39 is 5.82 Å². The Bertz CT molecular complexity index is 1440. The van der Waals surface area contributed by atoms with Gasteiger partial charge in [0.1, 0.15) is 17.7 Å². The Balaban J connectivity index is 1.50. The quantitative estimate of drug-likeness (QED) is 0.412. The van der Waals surface area contributed by atoms with Gasteiger partial charge in [-0.15, -0.1) is 0 Å². The van der Waals surface area contributed by atoms with E-state index in [-0.39, 0.29) is 16.4 Å². The highest BCUT2D eigenvalue weighted by Crippen LogP contribution is 2.41. The highest BCUT2D eigenvalue weighted by molar-refractivity contribution is 6.35. The number of benzene rings is 2. The number of nitrogens with zero attached hydrogens (tertiary/aromatic N) is 5. The molecule has 1 fully saturated rings. The molecule has 1 amide bonds. The molecule has 2 aromatic carbocycles. The van der Waals surface area contributed by atoms with Gasteiger partial charge >= 0.3 is 0 Å². The number of piperazine rings is 1. The zero-order valence-corrected chi connectivity index (χ0v) is 20.2. The van der Waals surface area contributed by atoms with Gasteiger partial charge in [-0.25, -0.2) is 14.4 Å². The van der Waals surface area contributed by atoms with Gasteiger partial charge in [0.15, 0.2) is 5.82 Å². The molecule has 0 unspecified atom stereocenters. The van der Waals surface area contributed by atoms with Crippen molar-refractivity contribution in [1.82, 2.24) is 30.4 Å². The molecule has 5 rings (SSSR count). The van der Waals surface area contributed by atoms with Gasteiger partial charge in [-0.3, -0.25) is 9.89 Å². The van der Waals surface area contributed by atoms with Crippen molar-refractivity contribution in [3.05, 3.63) is 59.3 Å². The molecule has 0 aliphatic carbocycles. The summed E-state index contributed by atoms with van der Waals surface area (Å²) in [5.74, 6) is 0.102. The number of hydrogen-bond acceptors (Lipinski definition) is 6. The molecule has 35 heavy (non-hydrogen) atoms. The van der Waals surface area contributed by atoms with Crippen LogP contribution in [0.25, 0.3) is 32.9 Å². The number of carbonyl (C=O) groups excluding carboxylic acids is 1. The van der Waals surface area contributed by atoms with E-state index in [4.69, 9.17) is 11.6 Å². The topological polar surface area (TPSA) is 90.0 Å². The normalized spacial score (nSPS) is 14.5. The Morgan fingerprint density at radius 2 is 2.00 bits per heavy atom. The fourth-order valence-electron chi connectivity index (χ4n) is 4.58. The van der Waals surface area contributed by atoms with Crippen LogP contribution in [0.1, 0.15) is 5.56 Å². The number of amides is 1. The largest absolute Gasteiger partial charge is 0.352 e. The molecule has 0 radical (unpaired) electrons. The van der Waals surface area contributed by atoms with Gasteiger partial charge in [0, 0.05) is 60.7 Å². The van der Waals surface area contributed by atoms with Crippen LogP contribution in [-0.2, 0) is 4.79 Å². The van der Waals surface area contributed by atoms with Crippen LogP contribution in [0.5, 0.6) is 0 Å². The number of aromatic nitrogens is 4. The van der Waals surface area contributed by atoms with Crippen molar-refractivity contribution in [1.29, 1.82) is 0 Å². The minimum atomic E-state index is -0.489. The van der Waals surface area contributed by atoms with Crippen LogP contribution < -0.4 is 10.2 Å². The first kappa shape index (κ1) is 23.2. The van der Waals surface area contributed by atoms with Crippen LogP contribution >= 0.6 is 11.6 Å². The summed E-state index contributed by atoms with van der Waals surface area (Å²) in [7, 11) is 1.83. The number of hydrogen-bond donors (Lipinski definition) is 2. The number of fused-ring (bicyclic) bond motifs is 2. The molecule has 8 nitrogen and oxygen atoms in total. The van der Waals surface area contributed by atoms with Gasteiger partial charge in [0.25, 0.3) is 0 Å². The second-order valence-electron chi connectivity index (χ2n) is 8.50. The number of H-pyrrole nitrogens is 1. The van der Waals surface area contributed by atoms with E-state index in [1.807, 2.05) is 31.0 Å². The zero-order chi connectivity index (χ0) is 24.5. The molecular weight excluding hydrogens is 469 g/mol.